The normalized spacial score (nSPS) is 12.1. The molecule has 0 aromatic rings. The SMILES string of the molecule is O=C(O)CN(CO)CCC(Cl)(Cl)Cl. The molecule has 0 aromatic carbocycles. The summed E-state index contributed by atoms with van der Waals surface area (Å²) in [5.41, 5.74) is 0. The van der Waals surface area contributed by atoms with Gasteiger partial charge in [-0.1, -0.05) is 34.8 Å². The molecule has 0 fully saturated rings. The first-order valence-corrected chi connectivity index (χ1v) is 4.60. The van der Waals surface area contributed by atoms with Crippen molar-refractivity contribution in [3.63, 3.8) is 0 Å². The maximum absolute atomic E-state index is 10.2. The van der Waals surface area contributed by atoms with Gasteiger partial charge in [-0.25, -0.2) is 0 Å². The first-order chi connectivity index (χ1) is 5.85. The predicted molar refractivity (Wildman–Crippen MR) is 51.2 cm³/mol. The Labute approximate surface area is 91.0 Å². The van der Waals surface area contributed by atoms with Crippen LogP contribution < -0.4 is 0 Å². The summed E-state index contributed by atoms with van der Waals surface area (Å²) in [5, 5.41) is 17.1. The van der Waals surface area contributed by atoms with Crippen molar-refractivity contribution in [2.45, 2.75) is 10.2 Å². The fraction of sp³-hybridized carbons (Fsp3) is 0.833. The maximum Gasteiger partial charge on any atom is 0.317 e. The highest BCUT2D eigenvalue weighted by molar-refractivity contribution is 6.67. The number of aliphatic hydroxyl groups excluding tert-OH is 1. The molecule has 0 aromatic heterocycles. The molecular weight excluding hydrogens is 240 g/mol. The molecule has 0 unspecified atom stereocenters. The van der Waals surface area contributed by atoms with Crippen molar-refractivity contribution in [2.24, 2.45) is 0 Å². The van der Waals surface area contributed by atoms with Crippen molar-refractivity contribution in [3.05, 3.63) is 0 Å². The van der Waals surface area contributed by atoms with E-state index in [-0.39, 0.29) is 26.2 Å². The van der Waals surface area contributed by atoms with Crippen molar-refractivity contribution >= 4 is 40.8 Å². The van der Waals surface area contributed by atoms with Crippen LogP contribution in [0, 0.1) is 0 Å². The Morgan fingerprint density at radius 1 is 1.38 bits per heavy atom. The van der Waals surface area contributed by atoms with E-state index in [1.807, 2.05) is 0 Å². The highest BCUT2D eigenvalue weighted by atomic mass is 35.6. The van der Waals surface area contributed by atoms with E-state index in [0.717, 1.165) is 0 Å². The zero-order chi connectivity index (χ0) is 10.5. The van der Waals surface area contributed by atoms with Crippen molar-refractivity contribution in [1.29, 1.82) is 0 Å². The highest BCUT2D eigenvalue weighted by Gasteiger charge is 2.21. The Balaban J connectivity index is 3.79. The van der Waals surface area contributed by atoms with Crippen LogP contribution in [0.2, 0.25) is 0 Å². The molecule has 0 aliphatic rings. The Hall–Kier alpha value is 0.260. The summed E-state index contributed by atoms with van der Waals surface area (Å²) in [6.07, 6.45) is 0.172. The predicted octanol–water partition coefficient (Wildman–Crippen LogP) is 1.08. The lowest BCUT2D eigenvalue weighted by Gasteiger charge is -2.19. The average Bonchev–Trinajstić information content (AvgIpc) is 1.95. The van der Waals surface area contributed by atoms with E-state index in [1.165, 1.54) is 4.90 Å². The minimum atomic E-state index is -1.41. The molecule has 4 nitrogen and oxygen atoms in total. The van der Waals surface area contributed by atoms with E-state index in [9.17, 15) is 4.79 Å². The van der Waals surface area contributed by atoms with Crippen LogP contribution in [-0.4, -0.2) is 44.7 Å². The van der Waals surface area contributed by atoms with Gasteiger partial charge in [-0.15, -0.1) is 0 Å². The van der Waals surface area contributed by atoms with E-state index in [4.69, 9.17) is 45.0 Å². The van der Waals surface area contributed by atoms with E-state index in [2.05, 4.69) is 0 Å². The van der Waals surface area contributed by atoms with Gasteiger partial charge in [-0.2, -0.15) is 0 Å². The molecule has 0 aliphatic heterocycles. The number of carboxylic acid groups (broad SMARTS) is 1. The lowest BCUT2D eigenvalue weighted by atomic mass is 10.4. The van der Waals surface area contributed by atoms with Gasteiger partial charge in [0.15, 0.2) is 3.79 Å². The van der Waals surface area contributed by atoms with E-state index in [1.54, 1.807) is 0 Å². The summed E-state index contributed by atoms with van der Waals surface area (Å²) in [4.78, 5) is 11.5. The van der Waals surface area contributed by atoms with Crippen LogP contribution in [0.4, 0.5) is 0 Å². The summed E-state index contributed by atoms with van der Waals surface area (Å²) in [7, 11) is 0. The van der Waals surface area contributed by atoms with E-state index >= 15 is 0 Å². The summed E-state index contributed by atoms with van der Waals surface area (Å²) in [6, 6.07) is 0. The second-order valence-corrected chi connectivity index (χ2v) is 4.97. The second-order valence-electron chi connectivity index (χ2n) is 2.45. The number of hydrogen-bond donors (Lipinski definition) is 2. The Morgan fingerprint density at radius 2 is 1.92 bits per heavy atom. The van der Waals surface area contributed by atoms with Gasteiger partial charge < -0.3 is 10.2 Å². The third kappa shape index (κ3) is 8.59. The van der Waals surface area contributed by atoms with Gasteiger partial charge in [0, 0.05) is 13.0 Å². The van der Waals surface area contributed by atoms with Gasteiger partial charge in [0.1, 0.15) is 0 Å². The molecule has 2 N–H and O–H groups in total. The number of aliphatic hydroxyl groups is 1. The van der Waals surface area contributed by atoms with Crippen molar-refractivity contribution in [3.8, 4) is 0 Å². The minimum absolute atomic E-state index is 0.172. The molecule has 78 valence electrons. The van der Waals surface area contributed by atoms with Crippen molar-refractivity contribution < 1.29 is 15.0 Å². The number of carboxylic acids is 1. The monoisotopic (exact) mass is 249 g/mol. The molecule has 0 amide bonds. The van der Waals surface area contributed by atoms with Crippen LogP contribution in [0.3, 0.4) is 0 Å². The van der Waals surface area contributed by atoms with Crippen molar-refractivity contribution in [2.75, 3.05) is 19.8 Å². The molecule has 0 heterocycles. The van der Waals surface area contributed by atoms with Gasteiger partial charge in [-0.3, -0.25) is 9.69 Å². The number of halogens is 3. The number of carbonyl (C=O) groups is 1. The Morgan fingerprint density at radius 3 is 2.23 bits per heavy atom. The standard InChI is InChI=1S/C6H10Cl3NO3/c7-6(8,9)1-2-10(4-11)3-5(12)13/h11H,1-4H2,(H,12,13). The van der Waals surface area contributed by atoms with Crippen LogP contribution in [0.15, 0.2) is 0 Å². The smallest absolute Gasteiger partial charge is 0.317 e. The van der Waals surface area contributed by atoms with Gasteiger partial charge in [0.25, 0.3) is 0 Å². The first kappa shape index (κ1) is 13.3. The summed E-state index contributed by atoms with van der Waals surface area (Å²) in [5.74, 6) is -1.03. The summed E-state index contributed by atoms with van der Waals surface area (Å²) < 4.78 is -1.41. The van der Waals surface area contributed by atoms with Crippen LogP contribution in [-0.2, 0) is 4.79 Å². The van der Waals surface area contributed by atoms with Crippen LogP contribution in [0.25, 0.3) is 0 Å². The van der Waals surface area contributed by atoms with E-state index < -0.39 is 9.76 Å². The number of alkyl halides is 3. The van der Waals surface area contributed by atoms with Crippen LogP contribution in [0.5, 0.6) is 0 Å². The number of nitrogens with zero attached hydrogens (tertiary/aromatic N) is 1. The van der Waals surface area contributed by atoms with Gasteiger partial charge in [-0.05, 0) is 0 Å². The molecule has 0 saturated carbocycles. The lowest BCUT2D eigenvalue weighted by molar-refractivity contribution is -0.139. The lowest BCUT2D eigenvalue weighted by Crippen LogP contribution is -2.33. The molecule has 0 rings (SSSR count). The molecule has 0 saturated heterocycles. The van der Waals surface area contributed by atoms with Gasteiger partial charge in [0.2, 0.25) is 0 Å². The number of hydrogen-bond acceptors (Lipinski definition) is 3. The molecule has 13 heavy (non-hydrogen) atoms. The third-order valence-corrected chi connectivity index (χ3v) is 1.84. The first-order valence-electron chi connectivity index (χ1n) is 3.47. The van der Waals surface area contributed by atoms with Gasteiger partial charge in [0.05, 0.1) is 13.3 Å². The largest absolute Gasteiger partial charge is 0.480 e. The maximum atomic E-state index is 10.2. The highest BCUT2D eigenvalue weighted by Crippen LogP contribution is 2.29. The minimum Gasteiger partial charge on any atom is -0.480 e. The molecule has 0 aliphatic carbocycles. The topological polar surface area (TPSA) is 60.8 Å². The molecule has 7 heteroatoms. The average molecular weight is 251 g/mol. The molecule has 0 atom stereocenters. The second kappa shape index (κ2) is 5.88. The number of rotatable bonds is 5. The fourth-order valence-electron chi connectivity index (χ4n) is 0.676. The molecular formula is C6H10Cl3NO3. The van der Waals surface area contributed by atoms with Crippen LogP contribution >= 0.6 is 34.8 Å². The number of aliphatic carboxylic acids is 1. The molecule has 0 radical (unpaired) electrons. The fourth-order valence-corrected chi connectivity index (χ4v) is 0.929. The van der Waals surface area contributed by atoms with Gasteiger partial charge >= 0.3 is 5.97 Å². The third-order valence-electron chi connectivity index (χ3n) is 1.27. The zero-order valence-corrected chi connectivity index (χ0v) is 8.98. The summed E-state index contributed by atoms with van der Waals surface area (Å²) >= 11 is 16.3. The Bertz CT molecular complexity index is 171. The zero-order valence-electron chi connectivity index (χ0n) is 6.71. The molecule has 0 spiro atoms. The van der Waals surface area contributed by atoms with Crippen LogP contribution in [0.1, 0.15) is 6.42 Å². The molecule has 0 bridgehead atoms. The van der Waals surface area contributed by atoms with Crippen molar-refractivity contribution in [1.82, 2.24) is 4.90 Å². The van der Waals surface area contributed by atoms with E-state index in [0.29, 0.717) is 0 Å². The summed E-state index contributed by atoms with van der Waals surface area (Å²) in [6.45, 7) is -0.413. The quantitative estimate of drug-likeness (QED) is 0.566. The Kier molecular flexibility index (Phi) is 6.00.